The van der Waals surface area contributed by atoms with E-state index in [0.29, 0.717) is 6.42 Å². The highest BCUT2D eigenvalue weighted by Gasteiger charge is 2.10. The van der Waals surface area contributed by atoms with Crippen LogP contribution in [0.2, 0.25) is 0 Å². The molecule has 96 valence electrons. The molecule has 0 aromatic carbocycles. The predicted octanol–water partition coefficient (Wildman–Crippen LogP) is -1.34. The average Bonchev–Trinajstić information content (AvgIpc) is 2.37. The Balaban J connectivity index is 2.04. The van der Waals surface area contributed by atoms with Crippen molar-refractivity contribution in [1.82, 2.24) is 20.9 Å². The van der Waals surface area contributed by atoms with Crippen molar-refractivity contribution in [3.63, 3.8) is 0 Å². The molecule has 1 aliphatic rings. The molecule has 0 aromatic heterocycles. The lowest BCUT2D eigenvalue weighted by molar-refractivity contribution is -0.122. The molecule has 1 rings (SSSR count). The summed E-state index contributed by atoms with van der Waals surface area (Å²) in [7, 11) is 0. The molecule has 1 fully saturated rings. The van der Waals surface area contributed by atoms with Crippen LogP contribution in [-0.2, 0) is 9.59 Å². The van der Waals surface area contributed by atoms with Crippen LogP contribution in [0.4, 0.5) is 0 Å². The standard InChI is InChI=1S/C11H20N4O2/c1-2-10(16)13-9-14-11(17)3-6-15-7-4-12-5-8-15/h2,12H,1,3-9H2,(H,13,16)(H,14,17). The van der Waals surface area contributed by atoms with E-state index in [0.717, 1.165) is 32.7 Å². The number of carbonyl (C=O) groups excluding carboxylic acids is 2. The van der Waals surface area contributed by atoms with Gasteiger partial charge in [-0.25, -0.2) is 0 Å². The summed E-state index contributed by atoms with van der Waals surface area (Å²) in [5, 5.41) is 8.37. The molecule has 0 bridgehead atoms. The van der Waals surface area contributed by atoms with Gasteiger partial charge in [-0.3, -0.25) is 9.59 Å². The van der Waals surface area contributed by atoms with Gasteiger partial charge in [-0.2, -0.15) is 0 Å². The van der Waals surface area contributed by atoms with E-state index >= 15 is 0 Å². The smallest absolute Gasteiger partial charge is 0.244 e. The van der Waals surface area contributed by atoms with Crippen LogP contribution < -0.4 is 16.0 Å². The van der Waals surface area contributed by atoms with Gasteiger partial charge in [0.15, 0.2) is 0 Å². The molecule has 0 saturated carbocycles. The lowest BCUT2D eigenvalue weighted by Crippen LogP contribution is -2.45. The van der Waals surface area contributed by atoms with Gasteiger partial charge in [-0.15, -0.1) is 0 Å². The Morgan fingerprint density at radius 3 is 2.65 bits per heavy atom. The fourth-order valence-electron chi connectivity index (χ4n) is 1.58. The number of amides is 2. The minimum atomic E-state index is -0.285. The van der Waals surface area contributed by atoms with Crippen LogP contribution in [0.25, 0.3) is 0 Å². The zero-order chi connectivity index (χ0) is 12.5. The first-order valence-corrected chi connectivity index (χ1v) is 5.82. The van der Waals surface area contributed by atoms with Crippen LogP contribution in [0, 0.1) is 0 Å². The summed E-state index contributed by atoms with van der Waals surface area (Å²) in [4.78, 5) is 24.5. The van der Waals surface area contributed by atoms with E-state index in [1.165, 1.54) is 6.08 Å². The second-order valence-electron chi connectivity index (χ2n) is 3.86. The zero-order valence-corrected chi connectivity index (χ0v) is 10.00. The quantitative estimate of drug-likeness (QED) is 0.397. The third-order valence-electron chi connectivity index (χ3n) is 2.60. The van der Waals surface area contributed by atoms with Crippen molar-refractivity contribution in [2.24, 2.45) is 0 Å². The molecule has 0 spiro atoms. The maximum Gasteiger partial charge on any atom is 0.244 e. The summed E-state index contributed by atoms with van der Waals surface area (Å²) in [6.45, 7) is 8.18. The third kappa shape index (κ3) is 6.03. The summed E-state index contributed by atoms with van der Waals surface area (Å²) in [6.07, 6.45) is 1.64. The van der Waals surface area contributed by atoms with Gasteiger partial charge in [0, 0.05) is 39.1 Å². The Kier molecular flexibility index (Phi) is 6.27. The normalized spacial score (nSPS) is 16.2. The number of carbonyl (C=O) groups is 2. The summed E-state index contributed by atoms with van der Waals surface area (Å²) in [6, 6.07) is 0. The molecule has 0 atom stereocenters. The molecule has 0 unspecified atom stereocenters. The van der Waals surface area contributed by atoms with Gasteiger partial charge in [0.2, 0.25) is 11.8 Å². The van der Waals surface area contributed by atoms with Gasteiger partial charge in [0.05, 0.1) is 6.67 Å². The molecule has 6 heteroatoms. The first-order valence-electron chi connectivity index (χ1n) is 5.82. The van der Waals surface area contributed by atoms with Crippen LogP contribution in [0.3, 0.4) is 0 Å². The van der Waals surface area contributed by atoms with E-state index in [2.05, 4.69) is 27.4 Å². The molecule has 2 amide bonds. The molecular weight excluding hydrogens is 220 g/mol. The number of rotatable bonds is 6. The van der Waals surface area contributed by atoms with Gasteiger partial charge >= 0.3 is 0 Å². The summed E-state index contributed by atoms with van der Waals surface area (Å²) in [5.74, 6) is -0.333. The van der Waals surface area contributed by atoms with Crippen molar-refractivity contribution in [1.29, 1.82) is 0 Å². The molecule has 1 saturated heterocycles. The fourth-order valence-corrected chi connectivity index (χ4v) is 1.58. The predicted molar refractivity (Wildman–Crippen MR) is 65.3 cm³/mol. The zero-order valence-electron chi connectivity index (χ0n) is 10.00. The van der Waals surface area contributed by atoms with Crippen LogP contribution in [0.15, 0.2) is 12.7 Å². The Labute approximate surface area is 101 Å². The molecular formula is C11H20N4O2. The Morgan fingerprint density at radius 1 is 1.29 bits per heavy atom. The molecule has 17 heavy (non-hydrogen) atoms. The maximum absolute atomic E-state index is 11.4. The lowest BCUT2D eigenvalue weighted by atomic mass is 10.3. The Morgan fingerprint density at radius 2 is 2.00 bits per heavy atom. The van der Waals surface area contributed by atoms with Gasteiger partial charge < -0.3 is 20.9 Å². The van der Waals surface area contributed by atoms with Crippen LogP contribution in [-0.4, -0.2) is 56.1 Å². The largest absolute Gasteiger partial charge is 0.339 e. The Bertz CT molecular complexity index is 275. The van der Waals surface area contributed by atoms with Crippen LogP contribution in [0.5, 0.6) is 0 Å². The van der Waals surface area contributed by atoms with Crippen molar-refractivity contribution in [2.75, 3.05) is 39.4 Å². The highest BCUT2D eigenvalue weighted by Crippen LogP contribution is 1.93. The minimum absolute atomic E-state index is 0.0482. The second kappa shape index (κ2) is 7.81. The van der Waals surface area contributed by atoms with E-state index in [4.69, 9.17) is 0 Å². The number of nitrogens with one attached hydrogen (secondary N) is 3. The molecule has 6 nitrogen and oxygen atoms in total. The van der Waals surface area contributed by atoms with E-state index < -0.39 is 0 Å². The van der Waals surface area contributed by atoms with E-state index in [9.17, 15) is 9.59 Å². The van der Waals surface area contributed by atoms with Gasteiger partial charge in [-0.05, 0) is 6.08 Å². The van der Waals surface area contributed by atoms with E-state index in [-0.39, 0.29) is 18.5 Å². The molecule has 0 radical (unpaired) electrons. The highest BCUT2D eigenvalue weighted by atomic mass is 16.2. The first-order chi connectivity index (χ1) is 8.22. The van der Waals surface area contributed by atoms with Gasteiger partial charge in [-0.1, -0.05) is 6.58 Å². The molecule has 3 N–H and O–H groups in total. The van der Waals surface area contributed by atoms with Gasteiger partial charge in [0.1, 0.15) is 0 Å². The van der Waals surface area contributed by atoms with Crippen molar-refractivity contribution in [3.8, 4) is 0 Å². The molecule has 1 heterocycles. The monoisotopic (exact) mass is 240 g/mol. The second-order valence-corrected chi connectivity index (χ2v) is 3.86. The van der Waals surface area contributed by atoms with E-state index in [1.807, 2.05) is 0 Å². The molecule has 0 aromatic rings. The topological polar surface area (TPSA) is 73.5 Å². The van der Waals surface area contributed by atoms with Crippen molar-refractivity contribution < 1.29 is 9.59 Å². The van der Waals surface area contributed by atoms with E-state index in [1.54, 1.807) is 0 Å². The average molecular weight is 240 g/mol. The molecule has 0 aliphatic carbocycles. The highest BCUT2D eigenvalue weighted by molar-refractivity contribution is 5.87. The minimum Gasteiger partial charge on any atom is -0.339 e. The van der Waals surface area contributed by atoms with Crippen molar-refractivity contribution in [3.05, 3.63) is 12.7 Å². The van der Waals surface area contributed by atoms with Gasteiger partial charge in [0.25, 0.3) is 0 Å². The first kappa shape index (κ1) is 13.7. The lowest BCUT2D eigenvalue weighted by Gasteiger charge is -2.26. The number of piperazine rings is 1. The summed E-state index contributed by atoms with van der Waals surface area (Å²) < 4.78 is 0. The number of nitrogens with zero attached hydrogens (tertiary/aromatic N) is 1. The number of hydrogen-bond donors (Lipinski definition) is 3. The SMILES string of the molecule is C=CC(=O)NCNC(=O)CCN1CCNCC1. The molecule has 1 aliphatic heterocycles. The third-order valence-corrected chi connectivity index (χ3v) is 2.60. The van der Waals surface area contributed by atoms with Crippen molar-refractivity contribution >= 4 is 11.8 Å². The Hall–Kier alpha value is -1.40. The van der Waals surface area contributed by atoms with Crippen molar-refractivity contribution in [2.45, 2.75) is 6.42 Å². The number of hydrogen-bond acceptors (Lipinski definition) is 4. The fraction of sp³-hybridized carbons (Fsp3) is 0.636. The van der Waals surface area contributed by atoms with Crippen LogP contribution in [0.1, 0.15) is 6.42 Å². The van der Waals surface area contributed by atoms with Crippen LogP contribution >= 0.6 is 0 Å². The maximum atomic E-state index is 11.4. The summed E-state index contributed by atoms with van der Waals surface area (Å²) >= 11 is 0. The summed E-state index contributed by atoms with van der Waals surface area (Å²) in [5.41, 5.74) is 0.